The van der Waals surface area contributed by atoms with Crippen molar-refractivity contribution in [2.45, 2.75) is 38.3 Å². The number of hydrogen-bond donors (Lipinski definition) is 1. The van der Waals surface area contributed by atoms with E-state index in [4.69, 9.17) is 0 Å². The van der Waals surface area contributed by atoms with Crippen LogP contribution in [0.3, 0.4) is 0 Å². The van der Waals surface area contributed by atoms with Gasteiger partial charge in [0.1, 0.15) is 0 Å². The van der Waals surface area contributed by atoms with Gasteiger partial charge in [-0.15, -0.1) is 0 Å². The predicted molar refractivity (Wildman–Crippen MR) is 33.7 cm³/mol. The van der Waals surface area contributed by atoms with Crippen molar-refractivity contribution in [1.82, 2.24) is 5.32 Å². The van der Waals surface area contributed by atoms with Crippen molar-refractivity contribution in [3.8, 4) is 0 Å². The molecule has 0 spiro atoms. The first-order valence-electron chi connectivity index (χ1n) is 3.64. The van der Waals surface area contributed by atoms with E-state index in [1.807, 2.05) is 0 Å². The molecule has 1 heteroatoms. The lowest BCUT2D eigenvalue weighted by molar-refractivity contribution is 0.306. The molecule has 0 amide bonds. The van der Waals surface area contributed by atoms with E-state index in [0.29, 0.717) is 0 Å². The Morgan fingerprint density at radius 2 is 2.00 bits per heavy atom. The van der Waals surface area contributed by atoms with Gasteiger partial charge in [-0.2, -0.15) is 0 Å². The Kier molecular flexibility index (Phi) is 0.884. The quantitative estimate of drug-likeness (QED) is 0.504. The van der Waals surface area contributed by atoms with Gasteiger partial charge >= 0.3 is 0 Å². The van der Waals surface area contributed by atoms with Gasteiger partial charge in [-0.25, -0.2) is 0 Å². The van der Waals surface area contributed by atoms with Crippen molar-refractivity contribution in [2.75, 3.05) is 0 Å². The summed E-state index contributed by atoms with van der Waals surface area (Å²) in [6.07, 6.45) is 4.46. The maximum absolute atomic E-state index is 3.43. The topological polar surface area (TPSA) is 21.9 Å². The molecule has 2 aliphatic rings. The van der Waals surface area contributed by atoms with Crippen molar-refractivity contribution in [1.29, 1.82) is 0 Å². The summed E-state index contributed by atoms with van der Waals surface area (Å²) in [4.78, 5) is 0. The van der Waals surface area contributed by atoms with E-state index in [1.54, 1.807) is 0 Å². The maximum Gasteiger partial charge on any atom is 0.0249 e. The van der Waals surface area contributed by atoms with Crippen LogP contribution in [0, 0.1) is 5.92 Å². The molecule has 1 aliphatic heterocycles. The van der Waals surface area contributed by atoms with Crippen LogP contribution in [0.4, 0.5) is 0 Å². The molecule has 0 aromatic rings. The van der Waals surface area contributed by atoms with Gasteiger partial charge < -0.3 is 5.32 Å². The Bertz CT molecular complexity index is 93.8. The third-order valence-corrected chi connectivity index (χ3v) is 2.54. The highest BCUT2D eigenvalue weighted by atomic mass is 15.1. The van der Waals surface area contributed by atoms with Crippen LogP contribution in [-0.2, 0) is 0 Å². The lowest BCUT2D eigenvalue weighted by atomic mass is 9.82. The van der Waals surface area contributed by atoms with E-state index >= 15 is 0 Å². The molecule has 2 rings (SSSR count). The van der Waals surface area contributed by atoms with Crippen molar-refractivity contribution < 1.29 is 0 Å². The summed E-state index contributed by atoms with van der Waals surface area (Å²) in [5.74, 6) is 1.06. The molecule has 0 aromatic heterocycles. The first kappa shape index (κ1) is 4.80. The third-order valence-electron chi connectivity index (χ3n) is 2.54. The summed E-state index contributed by atoms with van der Waals surface area (Å²) in [7, 11) is 0. The van der Waals surface area contributed by atoms with Crippen molar-refractivity contribution >= 4 is 0 Å². The fraction of sp³-hybridized carbons (Fsp3) is 1.00. The van der Waals surface area contributed by atoms with Crippen molar-refractivity contribution in [2.24, 2.45) is 5.92 Å². The second kappa shape index (κ2) is 1.47. The molecular weight excluding hydrogens is 98.1 g/mol. The average molecular weight is 111 g/mol. The van der Waals surface area contributed by atoms with E-state index < -0.39 is 0 Å². The smallest absolute Gasteiger partial charge is 0.0249 e. The molecule has 1 saturated carbocycles. The molecular formula is C7H13N. The zero-order valence-corrected chi connectivity index (χ0v) is 5.35. The lowest BCUT2D eigenvalue weighted by Crippen LogP contribution is -2.19. The minimum Gasteiger partial charge on any atom is -0.308 e. The average Bonchev–Trinajstić information content (AvgIpc) is 2.13. The third kappa shape index (κ3) is 0.576. The highest BCUT2D eigenvalue weighted by molar-refractivity contribution is 5.01. The van der Waals surface area contributed by atoms with Crippen LogP contribution in [-0.4, -0.2) is 12.1 Å². The van der Waals surface area contributed by atoms with Crippen LogP contribution in [0.15, 0.2) is 0 Å². The standard InChI is InChI=1S/C7H13N/c1-5-7(8-5)6-3-2-4-6/h5-8H,2-4H2,1H3/t5-,7+/m0/s1. The predicted octanol–water partition coefficient (Wildman–Crippen LogP) is 1.15. The number of nitrogens with one attached hydrogen (secondary N) is 1. The fourth-order valence-electron chi connectivity index (χ4n) is 1.59. The van der Waals surface area contributed by atoms with Crippen LogP contribution >= 0.6 is 0 Å². The highest BCUT2D eigenvalue weighted by Crippen LogP contribution is 2.35. The second-order valence-corrected chi connectivity index (χ2v) is 3.17. The Labute approximate surface area is 50.5 Å². The van der Waals surface area contributed by atoms with Gasteiger partial charge in [0.15, 0.2) is 0 Å². The zero-order chi connectivity index (χ0) is 5.56. The molecule has 2 atom stereocenters. The van der Waals surface area contributed by atoms with Gasteiger partial charge in [-0.1, -0.05) is 6.42 Å². The second-order valence-electron chi connectivity index (χ2n) is 3.17. The Morgan fingerprint density at radius 1 is 1.38 bits per heavy atom. The molecule has 1 aliphatic carbocycles. The van der Waals surface area contributed by atoms with Gasteiger partial charge in [0, 0.05) is 12.1 Å². The molecule has 0 aromatic carbocycles. The largest absolute Gasteiger partial charge is 0.308 e. The molecule has 1 N–H and O–H groups in total. The zero-order valence-electron chi connectivity index (χ0n) is 5.35. The molecule has 0 radical (unpaired) electrons. The summed E-state index contributed by atoms with van der Waals surface area (Å²) in [5, 5.41) is 3.43. The van der Waals surface area contributed by atoms with Gasteiger partial charge in [0.2, 0.25) is 0 Å². The van der Waals surface area contributed by atoms with Crippen LogP contribution in [0.25, 0.3) is 0 Å². The molecule has 1 saturated heterocycles. The summed E-state index contributed by atoms with van der Waals surface area (Å²) >= 11 is 0. The molecule has 46 valence electrons. The van der Waals surface area contributed by atoms with Crippen LogP contribution in [0.5, 0.6) is 0 Å². The monoisotopic (exact) mass is 111 g/mol. The maximum atomic E-state index is 3.43. The first-order chi connectivity index (χ1) is 3.88. The summed E-state index contributed by atoms with van der Waals surface area (Å²) < 4.78 is 0. The van der Waals surface area contributed by atoms with Gasteiger partial charge in [-0.05, 0) is 25.7 Å². The number of hydrogen-bond acceptors (Lipinski definition) is 1. The molecule has 1 heterocycles. The van der Waals surface area contributed by atoms with Crippen LogP contribution < -0.4 is 5.32 Å². The Balaban J connectivity index is 1.82. The van der Waals surface area contributed by atoms with E-state index in [0.717, 1.165) is 18.0 Å². The molecule has 1 nitrogen and oxygen atoms in total. The Hall–Kier alpha value is -0.0400. The molecule has 0 unspecified atom stereocenters. The SMILES string of the molecule is C[C@@H]1N[C@H]1C1CCC1. The van der Waals surface area contributed by atoms with Crippen LogP contribution in [0.2, 0.25) is 0 Å². The van der Waals surface area contributed by atoms with E-state index in [2.05, 4.69) is 12.2 Å². The van der Waals surface area contributed by atoms with E-state index in [9.17, 15) is 0 Å². The molecule has 8 heavy (non-hydrogen) atoms. The fourth-order valence-corrected chi connectivity index (χ4v) is 1.59. The summed E-state index contributed by atoms with van der Waals surface area (Å²) in [6.45, 7) is 2.28. The van der Waals surface area contributed by atoms with Crippen molar-refractivity contribution in [3.63, 3.8) is 0 Å². The first-order valence-corrected chi connectivity index (χ1v) is 3.64. The minimum absolute atomic E-state index is 0.847. The minimum atomic E-state index is 0.847. The van der Waals surface area contributed by atoms with E-state index in [1.165, 1.54) is 19.3 Å². The lowest BCUT2D eigenvalue weighted by Gasteiger charge is -2.24. The van der Waals surface area contributed by atoms with Crippen molar-refractivity contribution in [3.05, 3.63) is 0 Å². The Morgan fingerprint density at radius 3 is 2.12 bits per heavy atom. The van der Waals surface area contributed by atoms with Gasteiger partial charge in [0.25, 0.3) is 0 Å². The molecule has 2 fully saturated rings. The number of rotatable bonds is 1. The van der Waals surface area contributed by atoms with Gasteiger partial charge in [0.05, 0.1) is 0 Å². The van der Waals surface area contributed by atoms with E-state index in [-0.39, 0.29) is 0 Å². The molecule has 0 bridgehead atoms. The summed E-state index contributed by atoms with van der Waals surface area (Å²) in [5.41, 5.74) is 0. The summed E-state index contributed by atoms with van der Waals surface area (Å²) in [6, 6.07) is 1.77. The van der Waals surface area contributed by atoms with Gasteiger partial charge in [-0.3, -0.25) is 0 Å². The van der Waals surface area contributed by atoms with Crippen LogP contribution in [0.1, 0.15) is 26.2 Å². The normalized spacial score (nSPS) is 46.1. The highest BCUT2D eigenvalue weighted by Gasteiger charge is 2.40.